The number of rotatable bonds is 6. The van der Waals surface area contributed by atoms with E-state index in [1.54, 1.807) is 13.8 Å². The van der Waals surface area contributed by atoms with Crippen molar-refractivity contribution in [3.8, 4) is 0 Å². The second-order valence-corrected chi connectivity index (χ2v) is 6.83. The van der Waals surface area contributed by atoms with Crippen LogP contribution in [0.1, 0.15) is 40.5 Å². The Kier molecular flexibility index (Phi) is 5.09. The van der Waals surface area contributed by atoms with Crippen LogP contribution in [0.3, 0.4) is 0 Å². The van der Waals surface area contributed by atoms with Gasteiger partial charge in [-0.25, -0.2) is 8.42 Å². The molecular weight excluding hydrogens is 198 g/mol. The Morgan fingerprint density at radius 2 is 1.64 bits per heavy atom. The lowest BCUT2D eigenvalue weighted by molar-refractivity contribution is 0.507. The summed E-state index contributed by atoms with van der Waals surface area (Å²) in [5.74, 6) is 0.638. The van der Waals surface area contributed by atoms with E-state index in [9.17, 15) is 8.42 Å². The Bertz CT molecular complexity index is 248. The highest BCUT2D eigenvalue weighted by molar-refractivity contribution is 7.91. The van der Waals surface area contributed by atoms with Crippen LogP contribution in [0.4, 0.5) is 0 Å². The van der Waals surface area contributed by atoms with E-state index in [4.69, 9.17) is 5.73 Å². The van der Waals surface area contributed by atoms with Gasteiger partial charge in [-0.05, 0) is 19.8 Å². The first kappa shape index (κ1) is 13.9. The van der Waals surface area contributed by atoms with E-state index in [1.807, 2.05) is 13.8 Å². The van der Waals surface area contributed by atoms with Crippen molar-refractivity contribution in [2.75, 3.05) is 11.5 Å². The minimum atomic E-state index is -2.99. The van der Waals surface area contributed by atoms with E-state index in [1.165, 1.54) is 0 Å². The van der Waals surface area contributed by atoms with Crippen molar-refractivity contribution in [1.82, 2.24) is 0 Å². The molecule has 0 aliphatic rings. The average molecular weight is 221 g/mol. The molecule has 86 valence electrons. The second kappa shape index (κ2) is 5.12. The van der Waals surface area contributed by atoms with E-state index >= 15 is 0 Å². The van der Waals surface area contributed by atoms with Crippen molar-refractivity contribution in [2.45, 2.75) is 46.1 Å². The van der Waals surface area contributed by atoms with Gasteiger partial charge in [-0.15, -0.1) is 0 Å². The van der Waals surface area contributed by atoms with Gasteiger partial charge in [-0.1, -0.05) is 26.7 Å². The van der Waals surface area contributed by atoms with Gasteiger partial charge in [0.05, 0.1) is 11.5 Å². The maximum atomic E-state index is 11.7. The summed E-state index contributed by atoms with van der Waals surface area (Å²) in [6.45, 7) is 7.55. The van der Waals surface area contributed by atoms with Gasteiger partial charge < -0.3 is 5.73 Å². The molecular formula is C10H23NO2S. The van der Waals surface area contributed by atoms with Gasteiger partial charge in [0.25, 0.3) is 0 Å². The molecule has 0 aromatic rings. The van der Waals surface area contributed by atoms with Gasteiger partial charge in [0.1, 0.15) is 0 Å². The van der Waals surface area contributed by atoms with Gasteiger partial charge in [0.15, 0.2) is 9.84 Å². The predicted octanol–water partition coefficient (Wildman–Crippen LogP) is 1.57. The van der Waals surface area contributed by atoms with Crippen LogP contribution < -0.4 is 5.73 Å². The Morgan fingerprint density at radius 3 is 1.93 bits per heavy atom. The van der Waals surface area contributed by atoms with Crippen LogP contribution in [0, 0.1) is 5.92 Å². The van der Waals surface area contributed by atoms with Gasteiger partial charge in [-0.3, -0.25) is 0 Å². The van der Waals surface area contributed by atoms with Crippen LogP contribution in [0.15, 0.2) is 0 Å². The molecule has 0 rings (SSSR count). The van der Waals surface area contributed by atoms with Crippen LogP contribution in [-0.2, 0) is 9.84 Å². The molecule has 0 saturated carbocycles. The lowest BCUT2D eigenvalue weighted by Crippen LogP contribution is -2.41. The predicted molar refractivity (Wildman–Crippen MR) is 61.0 cm³/mol. The third kappa shape index (κ3) is 6.38. The molecule has 0 unspecified atom stereocenters. The van der Waals surface area contributed by atoms with Crippen LogP contribution in [0.2, 0.25) is 0 Å². The van der Waals surface area contributed by atoms with E-state index in [0.717, 1.165) is 12.8 Å². The highest BCUT2D eigenvalue weighted by Gasteiger charge is 2.24. The van der Waals surface area contributed by atoms with Crippen molar-refractivity contribution in [1.29, 1.82) is 0 Å². The van der Waals surface area contributed by atoms with Gasteiger partial charge >= 0.3 is 0 Å². The fourth-order valence-electron chi connectivity index (χ4n) is 1.51. The number of hydrogen-bond donors (Lipinski definition) is 1. The number of sulfone groups is 1. The third-order valence-electron chi connectivity index (χ3n) is 2.24. The maximum absolute atomic E-state index is 11.7. The Labute approximate surface area is 88.0 Å². The quantitative estimate of drug-likeness (QED) is 0.740. The molecule has 0 aliphatic carbocycles. The van der Waals surface area contributed by atoms with Crippen molar-refractivity contribution >= 4 is 9.84 Å². The molecule has 0 fully saturated rings. The summed E-state index contributed by atoms with van der Waals surface area (Å²) in [5.41, 5.74) is 5.08. The zero-order valence-corrected chi connectivity index (χ0v) is 10.5. The molecule has 4 heteroatoms. The van der Waals surface area contributed by atoms with Crippen molar-refractivity contribution in [3.05, 3.63) is 0 Å². The lowest BCUT2D eigenvalue weighted by atomic mass is 10.1. The SMILES string of the molecule is CCC(CC)CS(=O)(=O)CC(C)(C)N. The van der Waals surface area contributed by atoms with E-state index in [0.29, 0.717) is 0 Å². The molecule has 0 bridgehead atoms. The standard InChI is InChI=1S/C10H23NO2S/c1-5-9(6-2)7-14(12,13)8-10(3,4)11/h9H,5-8,11H2,1-4H3. The van der Waals surface area contributed by atoms with Gasteiger partial charge in [0, 0.05) is 5.54 Å². The summed E-state index contributed by atoms with van der Waals surface area (Å²) >= 11 is 0. The number of hydrogen-bond acceptors (Lipinski definition) is 3. The van der Waals surface area contributed by atoms with Crippen LogP contribution in [0.5, 0.6) is 0 Å². The van der Waals surface area contributed by atoms with Crippen molar-refractivity contribution < 1.29 is 8.42 Å². The molecule has 0 spiro atoms. The molecule has 0 atom stereocenters. The molecule has 0 saturated heterocycles. The first-order valence-corrected chi connectivity index (χ1v) is 7.01. The molecule has 0 heterocycles. The first-order chi connectivity index (χ1) is 6.20. The molecule has 14 heavy (non-hydrogen) atoms. The van der Waals surface area contributed by atoms with Crippen molar-refractivity contribution in [3.63, 3.8) is 0 Å². The largest absolute Gasteiger partial charge is 0.325 e. The average Bonchev–Trinajstić information content (AvgIpc) is 1.95. The summed E-state index contributed by atoms with van der Waals surface area (Å²) in [5, 5.41) is 0. The van der Waals surface area contributed by atoms with Crippen LogP contribution in [-0.4, -0.2) is 25.5 Å². The first-order valence-electron chi connectivity index (χ1n) is 5.19. The molecule has 3 nitrogen and oxygen atoms in total. The third-order valence-corrected chi connectivity index (χ3v) is 4.40. The zero-order chi connectivity index (χ0) is 11.4. The summed E-state index contributed by atoms with van der Waals surface area (Å²) in [6.07, 6.45) is 1.83. The maximum Gasteiger partial charge on any atom is 0.152 e. The monoisotopic (exact) mass is 221 g/mol. The molecule has 0 aliphatic heterocycles. The molecule has 0 radical (unpaired) electrons. The molecule has 0 amide bonds. The highest BCUT2D eigenvalue weighted by atomic mass is 32.2. The fourth-order valence-corrected chi connectivity index (χ4v) is 3.95. The highest BCUT2D eigenvalue weighted by Crippen LogP contribution is 2.13. The minimum absolute atomic E-state index is 0.0799. The normalized spacial score (nSPS) is 13.6. The summed E-state index contributed by atoms with van der Waals surface area (Å²) in [7, 11) is -2.99. The smallest absolute Gasteiger partial charge is 0.152 e. The summed E-state index contributed by atoms with van der Waals surface area (Å²) in [4.78, 5) is 0. The Balaban J connectivity index is 4.35. The van der Waals surface area contributed by atoms with Crippen LogP contribution in [0.25, 0.3) is 0 Å². The zero-order valence-electron chi connectivity index (χ0n) is 9.71. The molecule has 2 N–H and O–H groups in total. The lowest BCUT2D eigenvalue weighted by Gasteiger charge is -2.20. The topological polar surface area (TPSA) is 60.2 Å². The van der Waals surface area contributed by atoms with E-state index in [2.05, 4.69) is 0 Å². The Hall–Kier alpha value is -0.0900. The van der Waals surface area contributed by atoms with E-state index < -0.39 is 15.4 Å². The molecule has 0 aromatic carbocycles. The minimum Gasteiger partial charge on any atom is -0.325 e. The second-order valence-electron chi connectivity index (χ2n) is 4.73. The summed E-state index contributed by atoms with van der Waals surface area (Å²) < 4.78 is 23.4. The Morgan fingerprint density at radius 1 is 1.21 bits per heavy atom. The van der Waals surface area contributed by atoms with E-state index in [-0.39, 0.29) is 17.4 Å². The van der Waals surface area contributed by atoms with Crippen molar-refractivity contribution in [2.24, 2.45) is 11.7 Å². The number of nitrogens with two attached hydrogens (primary N) is 1. The van der Waals surface area contributed by atoms with Gasteiger partial charge in [-0.2, -0.15) is 0 Å². The fraction of sp³-hybridized carbons (Fsp3) is 1.00. The molecule has 0 aromatic heterocycles. The van der Waals surface area contributed by atoms with Crippen LogP contribution >= 0.6 is 0 Å². The summed E-state index contributed by atoms with van der Waals surface area (Å²) in [6, 6.07) is 0. The van der Waals surface area contributed by atoms with Gasteiger partial charge in [0.2, 0.25) is 0 Å².